The summed E-state index contributed by atoms with van der Waals surface area (Å²) >= 11 is 12.4. The van der Waals surface area contributed by atoms with E-state index >= 15 is 0 Å². The third kappa shape index (κ3) is 2.69. The molecule has 3 aliphatic heterocycles. The minimum atomic E-state index is 0.630. The molecule has 0 radical (unpaired) electrons. The van der Waals surface area contributed by atoms with Gasteiger partial charge < -0.3 is 15.5 Å². The van der Waals surface area contributed by atoms with Gasteiger partial charge in [-0.1, -0.05) is 23.2 Å². The standard InChI is InChI=1S/C20H21Cl2N3/c21-14-3-4-19(18(22)7-14)24-15-6-12-2-1-5-25-11-13-9-23-10-17(13)16(8-15)20(12)25/h3-4,6-8,13,17,23-24H,1-2,5,9-11H2/t13-,17-/m1/s1. The highest BCUT2D eigenvalue weighted by molar-refractivity contribution is 6.36. The quantitative estimate of drug-likeness (QED) is 0.790. The number of halogens is 2. The van der Waals surface area contributed by atoms with E-state index in [-0.39, 0.29) is 0 Å². The van der Waals surface area contributed by atoms with Crippen molar-refractivity contribution in [2.45, 2.75) is 18.8 Å². The molecule has 1 saturated heterocycles. The summed E-state index contributed by atoms with van der Waals surface area (Å²) < 4.78 is 0. The number of hydrogen-bond acceptors (Lipinski definition) is 3. The van der Waals surface area contributed by atoms with Crippen molar-refractivity contribution in [3.8, 4) is 0 Å². The summed E-state index contributed by atoms with van der Waals surface area (Å²) in [6.45, 7) is 4.62. The Morgan fingerprint density at radius 2 is 2.04 bits per heavy atom. The lowest BCUT2D eigenvalue weighted by molar-refractivity contribution is 0.470. The van der Waals surface area contributed by atoms with Crippen molar-refractivity contribution >= 4 is 40.3 Å². The lowest BCUT2D eigenvalue weighted by atomic mass is 9.80. The number of hydrogen-bond donors (Lipinski definition) is 2. The van der Waals surface area contributed by atoms with Gasteiger partial charge in [-0.25, -0.2) is 0 Å². The summed E-state index contributed by atoms with van der Waals surface area (Å²) in [4.78, 5) is 2.61. The predicted molar refractivity (Wildman–Crippen MR) is 106 cm³/mol. The van der Waals surface area contributed by atoms with Crippen molar-refractivity contribution in [1.82, 2.24) is 5.32 Å². The first-order chi connectivity index (χ1) is 12.2. The second-order valence-corrected chi connectivity index (χ2v) is 8.24. The molecular formula is C20H21Cl2N3. The first kappa shape index (κ1) is 15.8. The molecule has 0 amide bonds. The Morgan fingerprint density at radius 1 is 1.12 bits per heavy atom. The Bertz CT molecular complexity index is 836. The van der Waals surface area contributed by atoms with E-state index in [2.05, 4.69) is 27.7 Å². The lowest BCUT2D eigenvalue weighted by Gasteiger charge is -2.42. The van der Waals surface area contributed by atoms with Crippen LogP contribution in [0.2, 0.25) is 10.0 Å². The molecule has 2 N–H and O–H groups in total. The summed E-state index contributed by atoms with van der Waals surface area (Å²) in [5.74, 6) is 1.36. The lowest BCUT2D eigenvalue weighted by Crippen LogP contribution is -2.41. The second-order valence-electron chi connectivity index (χ2n) is 7.40. The van der Waals surface area contributed by atoms with Gasteiger partial charge in [0.25, 0.3) is 0 Å². The normalized spacial score (nSPS) is 24.0. The summed E-state index contributed by atoms with van der Waals surface area (Å²) in [6, 6.07) is 10.2. The van der Waals surface area contributed by atoms with E-state index in [0.717, 1.165) is 36.8 Å². The van der Waals surface area contributed by atoms with Crippen LogP contribution in [-0.4, -0.2) is 26.2 Å². The molecular weight excluding hydrogens is 353 g/mol. The van der Waals surface area contributed by atoms with Crippen LogP contribution in [0.4, 0.5) is 17.1 Å². The maximum absolute atomic E-state index is 6.35. The second kappa shape index (κ2) is 6.08. The van der Waals surface area contributed by atoms with Gasteiger partial charge in [-0.3, -0.25) is 0 Å². The molecule has 2 atom stereocenters. The molecule has 1 fully saturated rings. The SMILES string of the molecule is Clc1ccc(Nc2cc3c4c(c2)[C@@H]2CNC[C@@H]2CN4CCC3)c(Cl)c1. The van der Waals surface area contributed by atoms with Gasteiger partial charge in [-0.05, 0) is 60.2 Å². The van der Waals surface area contributed by atoms with Gasteiger partial charge in [0.1, 0.15) is 0 Å². The Hall–Kier alpha value is -1.42. The molecule has 0 spiro atoms. The number of rotatable bonds is 2. The van der Waals surface area contributed by atoms with E-state index in [4.69, 9.17) is 23.2 Å². The van der Waals surface area contributed by atoms with Crippen molar-refractivity contribution in [3.05, 3.63) is 51.5 Å². The maximum atomic E-state index is 6.35. The first-order valence-electron chi connectivity index (χ1n) is 9.03. The molecule has 0 bridgehead atoms. The van der Waals surface area contributed by atoms with Crippen LogP contribution >= 0.6 is 23.2 Å². The highest BCUT2D eigenvalue weighted by atomic mass is 35.5. The zero-order chi connectivity index (χ0) is 17.0. The molecule has 5 heteroatoms. The summed E-state index contributed by atoms with van der Waals surface area (Å²) in [7, 11) is 0. The van der Waals surface area contributed by atoms with Crippen LogP contribution in [0, 0.1) is 5.92 Å². The van der Waals surface area contributed by atoms with Gasteiger partial charge in [-0.15, -0.1) is 0 Å². The van der Waals surface area contributed by atoms with Gasteiger partial charge in [0, 0.05) is 48.5 Å². The number of fused-ring (bicyclic) bond motifs is 2. The summed E-state index contributed by atoms with van der Waals surface area (Å²) in [6.07, 6.45) is 2.40. The van der Waals surface area contributed by atoms with Crippen LogP contribution in [-0.2, 0) is 6.42 Å². The van der Waals surface area contributed by atoms with E-state index in [1.165, 1.54) is 36.3 Å². The Balaban J connectivity index is 1.57. The van der Waals surface area contributed by atoms with Crippen LogP contribution in [0.5, 0.6) is 0 Å². The molecule has 3 heterocycles. The van der Waals surface area contributed by atoms with Crippen molar-refractivity contribution in [3.63, 3.8) is 0 Å². The molecule has 0 unspecified atom stereocenters. The van der Waals surface area contributed by atoms with Crippen molar-refractivity contribution in [1.29, 1.82) is 0 Å². The Morgan fingerprint density at radius 3 is 2.92 bits per heavy atom. The number of benzene rings is 2. The maximum Gasteiger partial charge on any atom is 0.0655 e. The third-order valence-corrected chi connectivity index (χ3v) is 6.36. The smallest absolute Gasteiger partial charge is 0.0655 e. The molecule has 0 aromatic heterocycles. The molecule has 2 aromatic carbocycles. The molecule has 2 aromatic rings. The predicted octanol–water partition coefficient (Wildman–Crippen LogP) is 4.81. The molecule has 130 valence electrons. The van der Waals surface area contributed by atoms with Crippen LogP contribution in [0.25, 0.3) is 0 Å². The molecule has 0 saturated carbocycles. The number of aryl methyl sites for hydroxylation is 1. The molecule has 3 aliphatic rings. The largest absolute Gasteiger partial charge is 0.371 e. The Kier molecular flexibility index (Phi) is 3.85. The zero-order valence-corrected chi connectivity index (χ0v) is 15.5. The molecule has 5 rings (SSSR count). The number of anilines is 3. The van der Waals surface area contributed by atoms with Crippen molar-refractivity contribution in [2.24, 2.45) is 5.92 Å². The van der Waals surface area contributed by atoms with Gasteiger partial charge in [0.05, 0.1) is 10.7 Å². The van der Waals surface area contributed by atoms with Crippen LogP contribution in [0.3, 0.4) is 0 Å². The first-order valence-corrected chi connectivity index (χ1v) is 9.79. The third-order valence-electron chi connectivity index (χ3n) is 5.81. The monoisotopic (exact) mass is 373 g/mol. The minimum absolute atomic E-state index is 0.630. The fourth-order valence-corrected chi connectivity index (χ4v) is 5.18. The van der Waals surface area contributed by atoms with E-state index in [9.17, 15) is 0 Å². The van der Waals surface area contributed by atoms with E-state index in [0.29, 0.717) is 16.0 Å². The van der Waals surface area contributed by atoms with Crippen LogP contribution < -0.4 is 15.5 Å². The van der Waals surface area contributed by atoms with Gasteiger partial charge in [-0.2, -0.15) is 0 Å². The minimum Gasteiger partial charge on any atom is -0.371 e. The fraction of sp³-hybridized carbons (Fsp3) is 0.400. The highest BCUT2D eigenvalue weighted by Gasteiger charge is 2.38. The highest BCUT2D eigenvalue weighted by Crippen LogP contribution is 2.46. The van der Waals surface area contributed by atoms with Crippen LogP contribution in [0.15, 0.2) is 30.3 Å². The fourth-order valence-electron chi connectivity index (χ4n) is 4.72. The van der Waals surface area contributed by atoms with Gasteiger partial charge >= 0.3 is 0 Å². The Labute approximate surface area is 158 Å². The average Bonchev–Trinajstić information content (AvgIpc) is 3.06. The summed E-state index contributed by atoms with van der Waals surface area (Å²) in [5, 5.41) is 8.42. The number of nitrogens with one attached hydrogen (secondary N) is 2. The van der Waals surface area contributed by atoms with E-state index in [1.807, 2.05) is 12.1 Å². The molecule has 0 aliphatic carbocycles. The topological polar surface area (TPSA) is 27.3 Å². The van der Waals surface area contributed by atoms with E-state index in [1.54, 1.807) is 6.07 Å². The van der Waals surface area contributed by atoms with Crippen molar-refractivity contribution in [2.75, 3.05) is 36.4 Å². The van der Waals surface area contributed by atoms with E-state index < -0.39 is 0 Å². The number of nitrogens with zero attached hydrogens (tertiary/aromatic N) is 1. The van der Waals surface area contributed by atoms with Crippen molar-refractivity contribution < 1.29 is 0 Å². The summed E-state index contributed by atoms with van der Waals surface area (Å²) in [5.41, 5.74) is 6.52. The van der Waals surface area contributed by atoms with Crippen LogP contribution in [0.1, 0.15) is 23.5 Å². The molecule has 3 nitrogen and oxygen atoms in total. The average molecular weight is 374 g/mol. The van der Waals surface area contributed by atoms with Gasteiger partial charge in [0.2, 0.25) is 0 Å². The van der Waals surface area contributed by atoms with Gasteiger partial charge in [0.15, 0.2) is 0 Å². The molecule has 25 heavy (non-hydrogen) atoms. The zero-order valence-electron chi connectivity index (χ0n) is 14.0.